The molecule has 0 bridgehead atoms. The molecule has 1 saturated carbocycles. The van der Waals surface area contributed by atoms with E-state index in [9.17, 15) is 0 Å². The number of guanidine groups is 1. The Morgan fingerprint density at radius 1 is 1.32 bits per heavy atom. The zero-order valence-corrected chi connectivity index (χ0v) is 17.2. The van der Waals surface area contributed by atoms with Gasteiger partial charge in [0.25, 0.3) is 0 Å². The summed E-state index contributed by atoms with van der Waals surface area (Å²) < 4.78 is 0. The maximum absolute atomic E-state index is 4.43. The number of likely N-dealkylation sites (tertiary alicyclic amines) is 1. The second-order valence-corrected chi connectivity index (χ2v) is 9.43. The van der Waals surface area contributed by atoms with Gasteiger partial charge in [-0.1, -0.05) is 6.07 Å². The normalized spacial score (nSPS) is 26.1. The number of nitrogens with zero attached hydrogens (tertiary/aromatic N) is 2. The fourth-order valence-electron chi connectivity index (χ4n) is 3.89. The summed E-state index contributed by atoms with van der Waals surface area (Å²) in [7, 11) is 1.89. The lowest BCUT2D eigenvalue weighted by molar-refractivity contribution is 0.179. The molecule has 1 aliphatic carbocycles. The summed E-state index contributed by atoms with van der Waals surface area (Å²) in [6, 6.07) is 5.00. The van der Waals surface area contributed by atoms with E-state index in [1.54, 1.807) is 0 Å². The van der Waals surface area contributed by atoms with Gasteiger partial charge in [-0.05, 0) is 68.8 Å². The van der Waals surface area contributed by atoms with E-state index >= 15 is 0 Å². The zero-order valence-electron chi connectivity index (χ0n) is 15.5. The Bertz CT molecular complexity index is 524. The van der Waals surface area contributed by atoms with Crippen molar-refractivity contribution < 1.29 is 0 Å². The highest BCUT2D eigenvalue weighted by Crippen LogP contribution is 2.28. The minimum absolute atomic E-state index is 0.594. The van der Waals surface area contributed by atoms with E-state index in [0.29, 0.717) is 6.04 Å². The number of piperidine rings is 1. The zero-order chi connectivity index (χ0) is 17.5. The standard InChI is InChI=1S/C19H32N4S2/c1-20-19(22-16-5-6-17(12-16)24-2)21-13-15-7-9-23(10-8-15)14-18-4-3-11-25-18/h3-4,11,15-17H,5-10,12-14H2,1-2H3,(H2,20,21,22). The van der Waals surface area contributed by atoms with Gasteiger partial charge >= 0.3 is 0 Å². The topological polar surface area (TPSA) is 39.7 Å². The first-order valence-corrected chi connectivity index (χ1v) is 11.7. The van der Waals surface area contributed by atoms with Crippen LogP contribution < -0.4 is 10.6 Å². The third-order valence-electron chi connectivity index (χ3n) is 5.51. The first-order valence-electron chi connectivity index (χ1n) is 9.51. The summed E-state index contributed by atoms with van der Waals surface area (Å²) in [5.74, 6) is 1.76. The van der Waals surface area contributed by atoms with Gasteiger partial charge in [-0.15, -0.1) is 11.3 Å². The molecular formula is C19H32N4S2. The molecule has 0 radical (unpaired) electrons. The van der Waals surface area contributed by atoms with E-state index in [1.807, 2.05) is 30.1 Å². The van der Waals surface area contributed by atoms with E-state index in [1.165, 1.54) is 50.1 Å². The highest BCUT2D eigenvalue weighted by atomic mass is 32.2. The molecule has 6 heteroatoms. The highest BCUT2D eigenvalue weighted by Gasteiger charge is 2.25. The third-order valence-corrected chi connectivity index (χ3v) is 7.46. The number of thiophene rings is 1. The van der Waals surface area contributed by atoms with Gasteiger partial charge in [0.1, 0.15) is 0 Å². The van der Waals surface area contributed by atoms with Crippen molar-refractivity contribution in [3.8, 4) is 0 Å². The lowest BCUT2D eigenvalue weighted by Crippen LogP contribution is -2.45. The predicted molar refractivity (Wildman–Crippen MR) is 112 cm³/mol. The average Bonchev–Trinajstić information content (AvgIpc) is 3.31. The van der Waals surface area contributed by atoms with Crippen molar-refractivity contribution in [2.75, 3.05) is 32.9 Å². The second-order valence-electron chi connectivity index (χ2n) is 7.26. The van der Waals surface area contributed by atoms with Gasteiger partial charge in [0.2, 0.25) is 0 Å². The number of nitrogens with one attached hydrogen (secondary N) is 2. The molecular weight excluding hydrogens is 348 g/mol. The number of hydrogen-bond donors (Lipinski definition) is 2. The van der Waals surface area contributed by atoms with Crippen molar-refractivity contribution in [3.63, 3.8) is 0 Å². The molecule has 25 heavy (non-hydrogen) atoms. The van der Waals surface area contributed by atoms with Crippen LogP contribution in [0.4, 0.5) is 0 Å². The van der Waals surface area contributed by atoms with Crippen LogP contribution in [0.25, 0.3) is 0 Å². The molecule has 2 heterocycles. The minimum Gasteiger partial charge on any atom is -0.356 e. The van der Waals surface area contributed by atoms with Gasteiger partial charge in [-0.25, -0.2) is 0 Å². The Morgan fingerprint density at radius 3 is 2.80 bits per heavy atom. The van der Waals surface area contributed by atoms with Gasteiger partial charge in [-0.2, -0.15) is 11.8 Å². The maximum atomic E-state index is 4.43. The predicted octanol–water partition coefficient (Wildman–Crippen LogP) is 3.41. The summed E-state index contributed by atoms with van der Waals surface area (Å²) in [5.41, 5.74) is 0. The van der Waals surface area contributed by atoms with E-state index in [4.69, 9.17) is 0 Å². The Kier molecular flexibility index (Phi) is 7.49. The second kappa shape index (κ2) is 9.83. The monoisotopic (exact) mass is 380 g/mol. The van der Waals surface area contributed by atoms with Crippen molar-refractivity contribution in [3.05, 3.63) is 22.4 Å². The summed E-state index contributed by atoms with van der Waals surface area (Å²) in [6.07, 6.45) is 8.67. The third kappa shape index (κ3) is 5.90. The molecule has 2 fully saturated rings. The molecule has 140 valence electrons. The molecule has 0 aromatic carbocycles. The van der Waals surface area contributed by atoms with Gasteiger partial charge in [0.05, 0.1) is 0 Å². The molecule has 0 amide bonds. The van der Waals surface area contributed by atoms with Crippen molar-refractivity contribution in [1.82, 2.24) is 15.5 Å². The lowest BCUT2D eigenvalue weighted by atomic mass is 9.97. The first-order chi connectivity index (χ1) is 12.3. The van der Waals surface area contributed by atoms with E-state index in [-0.39, 0.29) is 0 Å². The number of hydrogen-bond acceptors (Lipinski definition) is 4. The number of aliphatic imine (C=N–C) groups is 1. The van der Waals surface area contributed by atoms with Crippen molar-refractivity contribution in [1.29, 1.82) is 0 Å². The Balaban J connectivity index is 1.34. The van der Waals surface area contributed by atoms with Crippen LogP contribution in [0.3, 0.4) is 0 Å². The Morgan fingerprint density at radius 2 is 2.16 bits per heavy atom. The van der Waals surface area contributed by atoms with Crippen LogP contribution in [0.5, 0.6) is 0 Å². The number of thioether (sulfide) groups is 1. The number of rotatable bonds is 6. The Labute approximate surface area is 160 Å². The Hall–Kier alpha value is -0.720. The van der Waals surface area contributed by atoms with Gasteiger partial charge in [0, 0.05) is 36.3 Å². The molecule has 2 atom stereocenters. The van der Waals surface area contributed by atoms with Crippen LogP contribution in [0, 0.1) is 5.92 Å². The van der Waals surface area contributed by atoms with E-state index < -0.39 is 0 Å². The van der Waals surface area contributed by atoms with Gasteiger partial charge in [0.15, 0.2) is 5.96 Å². The highest BCUT2D eigenvalue weighted by molar-refractivity contribution is 7.99. The molecule has 2 unspecified atom stereocenters. The molecule has 1 aromatic heterocycles. The molecule has 1 saturated heterocycles. The van der Waals surface area contributed by atoms with Crippen LogP contribution in [-0.2, 0) is 6.54 Å². The summed E-state index contributed by atoms with van der Waals surface area (Å²) >= 11 is 3.88. The molecule has 1 aliphatic heterocycles. The molecule has 3 rings (SSSR count). The fraction of sp³-hybridized carbons (Fsp3) is 0.737. The summed E-state index contributed by atoms with van der Waals surface area (Å²) in [4.78, 5) is 8.51. The molecule has 1 aromatic rings. The summed E-state index contributed by atoms with van der Waals surface area (Å²) in [6.45, 7) is 4.60. The van der Waals surface area contributed by atoms with E-state index in [2.05, 4.69) is 44.3 Å². The maximum Gasteiger partial charge on any atom is 0.191 e. The SMILES string of the molecule is CN=C(NCC1CCN(Cc2cccs2)CC1)NC1CCC(SC)C1. The fourth-order valence-corrected chi connectivity index (χ4v) is 5.43. The minimum atomic E-state index is 0.594. The summed E-state index contributed by atoms with van der Waals surface area (Å²) in [5, 5.41) is 10.2. The van der Waals surface area contributed by atoms with Gasteiger partial charge < -0.3 is 10.6 Å². The quantitative estimate of drug-likeness (QED) is 0.586. The van der Waals surface area contributed by atoms with Crippen LogP contribution in [0.15, 0.2) is 22.5 Å². The van der Waals surface area contributed by atoms with Crippen LogP contribution in [0.2, 0.25) is 0 Å². The van der Waals surface area contributed by atoms with Gasteiger partial charge in [-0.3, -0.25) is 9.89 Å². The van der Waals surface area contributed by atoms with Crippen LogP contribution in [0.1, 0.15) is 37.0 Å². The van der Waals surface area contributed by atoms with Crippen molar-refractivity contribution >= 4 is 29.1 Å². The molecule has 2 N–H and O–H groups in total. The largest absolute Gasteiger partial charge is 0.356 e. The van der Waals surface area contributed by atoms with Crippen molar-refractivity contribution in [2.45, 2.75) is 49.9 Å². The van der Waals surface area contributed by atoms with Crippen molar-refractivity contribution in [2.24, 2.45) is 10.9 Å². The lowest BCUT2D eigenvalue weighted by Gasteiger charge is -2.32. The smallest absolute Gasteiger partial charge is 0.191 e. The molecule has 0 spiro atoms. The van der Waals surface area contributed by atoms with Crippen LogP contribution >= 0.6 is 23.1 Å². The molecule has 4 nitrogen and oxygen atoms in total. The van der Waals surface area contributed by atoms with Crippen LogP contribution in [-0.4, -0.2) is 55.1 Å². The average molecular weight is 381 g/mol. The first kappa shape index (κ1) is 19.1. The molecule has 2 aliphatic rings. The van der Waals surface area contributed by atoms with E-state index in [0.717, 1.165) is 30.2 Å².